The number of rotatable bonds is 3. The molecule has 0 bridgehead atoms. The second-order valence-corrected chi connectivity index (χ2v) is 3.89. The molecule has 0 aliphatic rings. The monoisotopic (exact) mass is 259 g/mol. The van der Waals surface area contributed by atoms with Crippen molar-refractivity contribution in [2.24, 2.45) is 0 Å². The summed E-state index contributed by atoms with van der Waals surface area (Å²) >= 11 is 0. The Morgan fingerprint density at radius 3 is 1.76 bits per heavy atom. The molecule has 0 aromatic carbocycles. The zero-order valence-electron chi connectivity index (χ0n) is 10.1. The topological polar surface area (TPSA) is 66.4 Å². The second-order valence-electron chi connectivity index (χ2n) is 3.89. The van der Waals surface area contributed by atoms with Gasteiger partial charge in [-0.2, -0.15) is 13.2 Å². The van der Waals surface area contributed by atoms with Crippen molar-refractivity contribution < 1.29 is 37.4 Å². The van der Waals surface area contributed by atoms with Crippen molar-refractivity contribution in [1.29, 1.82) is 0 Å². The van der Waals surface area contributed by atoms with Crippen LogP contribution in [0.25, 0.3) is 0 Å². The van der Waals surface area contributed by atoms with E-state index >= 15 is 0 Å². The molecule has 0 heterocycles. The van der Waals surface area contributed by atoms with Crippen LogP contribution in [0.15, 0.2) is 0 Å². The Hall–Kier alpha value is -1.31. The number of carbonyl (C=O) groups excluding carboxylic acids is 2. The summed E-state index contributed by atoms with van der Waals surface area (Å²) in [5.41, 5.74) is 0. The maximum atomic E-state index is 10.8. The van der Waals surface area contributed by atoms with Gasteiger partial charge in [-0.3, -0.25) is 4.84 Å². The number of nitrogens with zero attached hydrogens (tertiary/aromatic N) is 1. The third-order valence-electron chi connectivity index (χ3n) is 1.06. The Bertz CT molecular complexity index is 258. The Morgan fingerprint density at radius 1 is 1.24 bits per heavy atom. The van der Waals surface area contributed by atoms with E-state index in [-0.39, 0.29) is 10.6 Å². The van der Waals surface area contributed by atoms with E-state index in [4.69, 9.17) is 14.7 Å². The standard InChI is InChI=1S/C7H16NO2.C2HF3O2/c1-5-6-7(9)10-8(2,3)4;3-2(4,5)1(6)7/h5-6H2,1-4H3;(H,6,7)/q+1;/p-1. The average molecular weight is 259 g/mol. The smallest absolute Gasteiger partial charge is 0.430 e. The van der Waals surface area contributed by atoms with Crippen LogP contribution >= 0.6 is 0 Å². The van der Waals surface area contributed by atoms with Crippen LogP contribution in [-0.2, 0) is 14.4 Å². The molecule has 17 heavy (non-hydrogen) atoms. The Morgan fingerprint density at radius 2 is 1.59 bits per heavy atom. The van der Waals surface area contributed by atoms with Gasteiger partial charge in [0.15, 0.2) is 0 Å². The molecule has 0 amide bonds. The fraction of sp³-hybridized carbons (Fsp3) is 0.778. The van der Waals surface area contributed by atoms with Crippen LogP contribution in [0.1, 0.15) is 19.8 Å². The van der Waals surface area contributed by atoms with Gasteiger partial charge >= 0.3 is 12.1 Å². The molecule has 8 heteroatoms. The Balaban J connectivity index is 0. The minimum atomic E-state index is -5.19. The fourth-order valence-electron chi connectivity index (χ4n) is 0.555. The predicted molar refractivity (Wildman–Crippen MR) is 50.1 cm³/mol. The fourth-order valence-corrected chi connectivity index (χ4v) is 0.555. The van der Waals surface area contributed by atoms with E-state index in [0.717, 1.165) is 6.42 Å². The van der Waals surface area contributed by atoms with Gasteiger partial charge in [0, 0.05) is 0 Å². The molecule has 0 saturated heterocycles. The first-order valence-corrected chi connectivity index (χ1v) is 4.72. The van der Waals surface area contributed by atoms with E-state index in [1.54, 1.807) is 0 Å². The molecule has 0 aliphatic carbocycles. The first-order valence-electron chi connectivity index (χ1n) is 4.72. The van der Waals surface area contributed by atoms with Gasteiger partial charge in [0.25, 0.3) is 0 Å². The largest absolute Gasteiger partial charge is 0.542 e. The number of hydroxylamine groups is 3. The highest BCUT2D eigenvalue weighted by molar-refractivity contribution is 5.70. The lowest BCUT2D eigenvalue weighted by Crippen LogP contribution is -2.37. The Labute approximate surface area is 97.3 Å². The van der Waals surface area contributed by atoms with Gasteiger partial charge in [0.2, 0.25) is 0 Å². The first-order chi connectivity index (χ1) is 7.40. The SMILES string of the molecule is CCCC(=O)O[N+](C)(C)C.O=C([O-])C(F)(F)F. The maximum absolute atomic E-state index is 10.8. The van der Waals surface area contributed by atoms with E-state index in [1.807, 2.05) is 28.1 Å². The molecular formula is C9H16F3NO4. The summed E-state index contributed by atoms with van der Waals surface area (Å²) in [5, 5.41) is 8.78. The molecule has 0 aromatic heterocycles. The normalized spacial score (nSPS) is 11.2. The number of hydrogen-bond acceptors (Lipinski definition) is 4. The van der Waals surface area contributed by atoms with Crippen molar-refractivity contribution in [3.63, 3.8) is 0 Å². The molecule has 0 aromatic rings. The lowest BCUT2D eigenvalue weighted by atomic mass is 10.3. The molecular weight excluding hydrogens is 243 g/mol. The highest BCUT2D eigenvalue weighted by Crippen LogP contribution is 2.11. The second kappa shape index (κ2) is 7.10. The summed E-state index contributed by atoms with van der Waals surface area (Å²) in [6.45, 7) is 1.96. The van der Waals surface area contributed by atoms with Crippen molar-refractivity contribution in [2.75, 3.05) is 21.1 Å². The Kier molecular flexibility index (Phi) is 7.55. The number of carbonyl (C=O) groups is 2. The first kappa shape index (κ1) is 18.1. The number of carboxylic acid groups (broad SMARTS) is 1. The third-order valence-corrected chi connectivity index (χ3v) is 1.06. The summed E-state index contributed by atoms with van der Waals surface area (Å²) < 4.78 is 31.8. The van der Waals surface area contributed by atoms with Crippen LogP contribution < -0.4 is 5.11 Å². The van der Waals surface area contributed by atoms with Gasteiger partial charge in [-0.25, -0.2) is 4.79 Å². The number of halogens is 3. The van der Waals surface area contributed by atoms with Crippen LogP contribution in [-0.4, -0.2) is 43.9 Å². The summed E-state index contributed by atoms with van der Waals surface area (Å²) in [4.78, 5) is 24.6. The van der Waals surface area contributed by atoms with Crippen molar-refractivity contribution in [3.05, 3.63) is 0 Å². The molecule has 0 rings (SSSR count). The van der Waals surface area contributed by atoms with Crippen molar-refractivity contribution in [3.8, 4) is 0 Å². The average Bonchev–Trinajstić information content (AvgIpc) is 1.99. The lowest BCUT2D eigenvalue weighted by Gasteiger charge is -2.19. The van der Waals surface area contributed by atoms with Gasteiger partial charge < -0.3 is 9.90 Å². The van der Waals surface area contributed by atoms with E-state index < -0.39 is 12.1 Å². The molecule has 0 saturated carbocycles. The lowest BCUT2D eigenvalue weighted by molar-refractivity contribution is -1.04. The molecule has 0 spiro atoms. The van der Waals surface area contributed by atoms with Crippen molar-refractivity contribution >= 4 is 11.9 Å². The molecule has 0 fully saturated rings. The minimum absolute atomic E-state index is 0.130. The number of carboxylic acids is 1. The zero-order chi connectivity index (χ0) is 14.3. The van der Waals surface area contributed by atoms with Crippen LogP contribution in [0.2, 0.25) is 0 Å². The van der Waals surface area contributed by atoms with Crippen LogP contribution in [0.3, 0.4) is 0 Å². The highest BCUT2D eigenvalue weighted by Gasteiger charge is 2.28. The van der Waals surface area contributed by atoms with Crippen molar-refractivity contribution in [1.82, 2.24) is 0 Å². The summed E-state index contributed by atoms with van der Waals surface area (Å²) in [6.07, 6.45) is -3.84. The van der Waals surface area contributed by atoms with Crippen LogP contribution in [0.4, 0.5) is 13.2 Å². The van der Waals surface area contributed by atoms with Gasteiger partial charge in [-0.1, -0.05) is 6.92 Å². The molecule has 5 nitrogen and oxygen atoms in total. The van der Waals surface area contributed by atoms with Gasteiger partial charge in [-0.05, 0) is 6.42 Å². The number of alkyl halides is 3. The molecule has 0 N–H and O–H groups in total. The van der Waals surface area contributed by atoms with Gasteiger partial charge in [-0.15, -0.1) is 4.65 Å². The van der Waals surface area contributed by atoms with Crippen LogP contribution in [0.5, 0.6) is 0 Å². The molecule has 0 unspecified atom stereocenters. The van der Waals surface area contributed by atoms with Crippen molar-refractivity contribution in [2.45, 2.75) is 25.9 Å². The molecule has 102 valence electrons. The minimum Gasteiger partial charge on any atom is -0.542 e. The van der Waals surface area contributed by atoms with Gasteiger partial charge in [0.1, 0.15) is 27.1 Å². The summed E-state index contributed by atoms with van der Waals surface area (Å²) in [5.74, 6) is -3.14. The van der Waals surface area contributed by atoms with E-state index in [9.17, 15) is 18.0 Å². The maximum Gasteiger partial charge on any atom is 0.430 e. The quantitative estimate of drug-likeness (QED) is 0.538. The molecule has 0 radical (unpaired) electrons. The number of hydrogen-bond donors (Lipinski definition) is 0. The van der Waals surface area contributed by atoms with E-state index in [1.165, 1.54) is 0 Å². The zero-order valence-corrected chi connectivity index (χ0v) is 10.1. The van der Waals surface area contributed by atoms with E-state index in [0.29, 0.717) is 6.42 Å². The number of quaternary nitrogens is 1. The highest BCUT2D eigenvalue weighted by atomic mass is 19.4. The third kappa shape index (κ3) is 14.7. The molecule has 0 aliphatic heterocycles. The van der Waals surface area contributed by atoms with Gasteiger partial charge in [0.05, 0.1) is 6.42 Å². The predicted octanol–water partition coefficient (Wildman–Crippen LogP) is 0.249. The molecule has 0 atom stereocenters. The summed E-state index contributed by atoms with van der Waals surface area (Å²) in [6, 6.07) is 0. The van der Waals surface area contributed by atoms with Crippen LogP contribution in [0, 0.1) is 0 Å². The summed E-state index contributed by atoms with van der Waals surface area (Å²) in [7, 11) is 5.44. The number of aliphatic carboxylic acids is 1. The van der Waals surface area contributed by atoms with E-state index in [2.05, 4.69) is 0 Å².